The monoisotopic (exact) mass is 326 g/mol. The zero-order chi connectivity index (χ0) is 17.2. The summed E-state index contributed by atoms with van der Waals surface area (Å²) in [4.78, 5) is 24.3. The minimum Gasteiger partial charge on any atom is -0.462 e. The van der Waals surface area contributed by atoms with Crippen molar-refractivity contribution in [2.24, 2.45) is 0 Å². The smallest absolute Gasteiger partial charge is 0.343 e. The Labute approximate surface area is 142 Å². The van der Waals surface area contributed by atoms with Crippen LogP contribution in [0.1, 0.15) is 53.3 Å². The van der Waals surface area contributed by atoms with E-state index in [1.807, 2.05) is 6.07 Å². The highest BCUT2D eigenvalue weighted by molar-refractivity contribution is 5.96. The highest BCUT2D eigenvalue weighted by atomic mass is 16.5. The van der Waals surface area contributed by atoms with Crippen molar-refractivity contribution in [2.45, 2.75) is 32.6 Å². The van der Waals surface area contributed by atoms with Crippen molar-refractivity contribution < 1.29 is 19.1 Å². The molecular weight excluding hydrogens is 304 g/mol. The summed E-state index contributed by atoms with van der Waals surface area (Å²) in [5, 5.41) is 0. The van der Waals surface area contributed by atoms with Crippen LogP contribution < -0.4 is 4.74 Å². The molecule has 0 aliphatic heterocycles. The minimum absolute atomic E-state index is 0.213. The second-order valence-electron chi connectivity index (χ2n) is 5.45. The SMILES string of the molecule is CCCCCCOC(=O)c1ccccc1OC(=O)c1ccccc1. The van der Waals surface area contributed by atoms with E-state index < -0.39 is 11.9 Å². The van der Waals surface area contributed by atoms with E-state index in [1.54, 1.807) is 48.5 Å². The molecule has 0 unspecified atom stereocenters. The average molecular weight is 326 g/mol. The normalized spacial score (nSPS) is 10.2. The summed E-state index contributed by atoms with van der Waals surface area (Å²) in [5.41, 5.74) is 0.692. The lowest BCUT2D eigenvalue weighted by molar-refractivity contribution is 0.0492. The second-order valence-corrected chi connectivity index (χ2v) is 5.45. The lowest BCUT2D eigenvalue weighted by atomic mass is 10.2. The largest absolute Gasteiger partial charge is 0.462 e. The van der Waals surface area contributed by atoms with Gasteiger partial charge in [0.05, 0.1) is 12.2 Å². The molecule has 2 aromatic carbocycles. The number of carbonyl (C=O) groups excluding carboxylic acids is 2. The van der Waals surface area contributed by atoms with Crippen LogP contribution in [-0.2, 0) is 4.74 Å². The van der Waals surface area contributed by atoms with Crippen LogP contribution in [-0.4, -0.2) is 18.5 Å². The van der Waals surface area contributed by atoms with E-state index in [2.05, 4.69) is 6.92 Å². The Bertz CT molecular complexity index is 664. The Morgan fingerprint density at radius 1 is 0.833 bits per heavy atom. The molecule has 0 amide bonds. The summed E-state index contributed by atoms with van der Waals surface area (Å²) in [6.45, 7) is 2.50. The van der Waals surface area contributed by atoms with Crippen molar-refractivity contribution >= 4 is 11.9 Å². The number of hydrogen-bond donors (Lipinski definition) is 0. The number of hydrogen-bond acceptors (Lipinski definition) is 4. The molecule has 4 nitrogen and oxygen atoms in total. The average Bonchev–Trinajstić information content (AvgIpc) is 2.62. The third kappa shape index (κ3) is 5.23. The minimum atomic E-state index is -0.501. The van der Waals surface area contributed by atoms with Crippen LogP contribution in [0.4, 0.5) is 0 Å². The third-order valence-corrected chi connectivity index (χ3v) is 3.55. The maximum Gasteiger partial charge on any atom is 0.343 e. The van der Waals surface area contributed by atoms with Gasteiger partial charge in [0.25, 0.3) is 0 Å². The Hall–Kier alpha value is -2.62. The molecule has 0 N–H and O–H groups in total. The van der Waals surface area contributed by atoms with Crippen LogP contribution in [0.25, 0.3) is 0 Å². The molecular formula is C20H22O4. The van der Waals surface area contributed by atoms with E-state index in [0.29, 0.717) is 12.2 Å². The molecule has 0 atom stereocenters. The Morgan fingerprint density at radius 3 is 2.29 bits per heavy atom. The van der Waals surface area contributed by atoms with Gasteiger partial charge in [-0.3, -0.25) is 0 Å². The van der Waals surface area contributed by atoms with Crippen LogP contribution in [0.3, 0.4) is 0 Å². The van der Waals surface area contributed by atoms with Gasteiger partial charge in [-0.25, -0.2) is 9.59 Å². The van der Waals surface area contributed by atoms with Crippen molar-refractivity contribution in [1.82, 2.24) is 0 Å². The van der Waals surface area contributed by atoms with Crippen molar-refractivity contribution in [3.63, 3.8) is 0 Å². The predicted octanol–water partition coefficient (Wildman–Crippen LogP) is 4.64. The molecule has 0 aliphatic rings. The van der Waals surface area contributed by atoms with Gasteiger partial charge in [0.2, 0.25) is 0 Å². The number of rotatable bonds is 8. The summed E-state index contributed by atoms with van der Waals surface area (Å²) >= 11 is 0. The number of ether oxygens (including phenoxy) is 2. The fraction of sp³-hybridized carbons (Fsp3) is 0.300. The summed E-state index contributed by atoms with van der Waals surface area (Å²) < 4.78 is 10.6. The molecule has 0 aliphatic carbocycles. The standard InChI is InChI=1S/C20H22O4/c1-2-3-4-10-15-23-20(22)17-13-8-9-14-18(17)24-19(21)16-11-6-5-7-12-16/h5-9,11-14H,2-4,10,15H2,1H3. The first-order valence-electron chi connectivity index (χ1n) is 8.25. The van der Waals surface area contributed by atoms with Crippen molar-refractivity contribution in [2.75, 3.05) is 6.61 Å². The lowest BCUT2D eigenvalue weighted by Gasteiger charge is -2.10. The summed E-state index contributed by atoms with van der Waals surface area (Å²) in [5.74, 6) is -0.758. The first kappa shape index (κ1) is 17.7. The van der Waals surface area contributed by atoms with Crippen LogP contribution in [0.5, 0.6) is 5.75 Å². The van der Waals surface area contributed by atoms with Gasteiger partial charge < -0.3 is 9.47 Å². The van der Waals surface area contributed by atoms with Crippen molar-refractivity contribution in [3.05, 3.63) is 65.7 Å². The zero-order valence-corrected chi connectivity index (χ0v) is 13.9. The lowest BCUT2D eigenvalue weighted by Crippen LogP contribution is -2.13. The van der Waals surface area contributed by atoms with Crippen LogP contribution >= 0.6 is 0 Å². The van der Waals surface area contributed by atoms with Gasteiger partial charge in [-0.1, -0.05) is 56.5 Å². The Balaban J connectivity index is 1.99. The predicted molar refractivity (Wildman–Crippen MR) is 92.3 cm³/mol. The van der Waals surface area contributed by atoms with Crippen molar-refractivity contribution in [3.8, 4) is 5.75 Å². The first-order valence-corrected chi connectivity index (χ1v) is 8.25. The molecule has 24 heavy (non-hydrogen) atoms. The quantitative estimate of drug-likeness (QED) is 0.403. The molecule has 0 radical (unpaired) electrons. The van der Waals surface area contributed by atoms with Crippen molar-refractivity contribution in [1.29, 1.82) is 0 Å². The fourth-order valence-electron chi connectivity index (χ4n) is 2.23. The number of benzene rings is 2. The maximum absolute atomic E-state index is 12.2. The van der Waals surface area contributed by atoms with E-state index in [1.165, 1.54) is 0 Å². The molecule has 2 rings (SSSR count). The van der Waals surface area contributed by atoms with E-state index in [-0.39, 0.29) is 11.3 Å². The zero-order valence-electron chi connectivity index (χ0n) is 13.9. The molecule has 4 heteroatoms. The topological polar surface area (TPSA) is 52.6 Å². The summed E-state index contributed by atoms with van der Waals surface area (Å²) in [6, 6.07) is 15.3. The molecule has 0 aromatic heterocycles. The molecule has 126 valence electrons. The number of carbonyl (C=O) groups is 2. The van der Waals surface area contributed by atoms with Gasteiger partial charge in [-0.2, -0.15) is 0 Å². The van der Waals surface area contributed by atoms with Gasteiger partial charge >= 0.3 is 11.9 Å². The number of para-hydroxylation sites is 1. The van der Waals surface area contributed by atoms with E-state index >= 15 is 0 Å². The molecule has 0 saturated heterocycles. The molecule has 0 fully saturated rings. The highest BCUT2D eigenvalue weighted by Crippen LogP contribution is 2.20. The number of esters is 2. The number of unbranched alkanes of at least 4 members (excludes halogenated alkanes) is 3. The fourth-order valence-corrected chi connectivity index (χ4v) is 2.23. The van der Waals surface area contributed by atoms with Crippen LogP contribution in [0, 0.1) is 0 Å². The molecule has 0 bridgehead atoms. The molecule has 0 saturated carbocycles. The first-order chi connectivity index (χ1) is 11.7. The Morgan fingerprint density at radius 2 is 1.54 bits per heavy atom. The van der Waals surface area contributed by atoms with Gasteiger partial charge in [0.15, 0.2) is 0 Å². The highest BCUT2D eigenvalue weighted by Gasteiger charge is 2.17. The van der Waals surface area contributed by atoms with Crippen LogP contribution in [0.15, 0.2) is 54.6 Å². The van der Waals surface area contributed by atoms with E-state index in [4.69, 9.17) is 9.47 Å². The third-order valence-electron chi connectivity index (χ3n) is 3.55. The van der Waals surface area contributed by atoms with E-state index in [9.17, 15) is 9.59 Å². The van der Waals surface area contributed by atoms with Gasteiger partial charge in [0, 0.05) is 0 Å². The summed E-state index contributed by atoms with van der Waals surface area (Å²) in [7, 11) is 0. The van der Waals surface area contributed by atoms with E-state index in [0.717, 1.165) is 25.7 Å². The summed E-state index contributed by atoms with van der Waals surface area (Å²) in [6.07, 6.45) is 4.13. The van der Waals surface area contributed by atoms with Gasteiger partial charge in [-0.15, -0.1) is 0 Å². The van der Waals surface area contributed by atoms with Gasteiger partial charge in [0.1, 0.15) is 11.3 Å². The Kier molecular flexibility index (Phi) is 7.02. The van der Waals surface area contributed by atoms with Crippen LogP contribution in [0.2, 0.25) is 0 Å². The second kappa shape index (κ2) is 9.50. The molecule has 2 aromatic rings. The van der Waals surface area contributed by atoms with Gasteiger partial charge in [-0.05, 0) is 30.7 Å². The maximum atomic E-state index is 12.2. The molecule has 0 heterocycles. The molecule has 0 spiro atoms.